The molecule has 0 heterocycles. The minimum Gasteiger partial charge on any atom is -0.444 e. The molecule has 0 saturated carbocycles. The molecule has 0 radical (unpaired) electrons. The Morgan fingerprint density at radius 3 is 1.29 bits per heavy atom. The molecule has 0 aromatic heterocycles. The molecule has 0 aliphatic heterocycles. The highest BCUT2D eigenvalue weighted by atomic mass is 16.5. The van der Waals surface area contributed by atoms with Crippen LogP contribution in [0.25, 0.3) is 0 Å². The fraction of sp³-hybridized carbons (Fsp3) is 0.250. The Morgan fingerprint density at radius 1 is 0.679 bits per heavy atom. The number of esters is 2. The van der Waals surface area contributed by atoms with Gasteiger partial charge in [0.25, 0.3) is 0 Å². The molecular formula is C24H22O4. The van der Waals surface area contributed by atoms with Crippen LogP contribution in [0.5, 0.6) is 0 Å². The molecule has 2 aromatic carbocycles. The summed E-state index contributed by atoms with van der Waals surface area (Å²) in [5.74, 6) is 10.3. The zero-order valence-corrected chi connectivity index (χ0v) is 16.4. The van der Waals surface area contributed by atoms with Crippen LogP contribution < -0.4 is 0 Å². The van der Waals surface area contributed by atoms with E-state index in [1.165, 1.54) is 13.8 Å². The van der Waals surface area contributed by atoms with E-state index in [4.69, 9.17) is 9.47 Å². The van der Waals surface area contributed by atoms with Gasteiger partial charge in [-0.15, -0.1) is 0 Å². The SMILES string of the molecule is CC(=O)OC(C#CC#CC(OC(C)=O)c1ccc(C)cc1)c1ccc(C)cc1. The van der Waals surface area contributed by atoms with E-state index in [1.807, 2.05) is 62.4 Å². The molecule has 0 spiro atoms. The number of carbonyl (C=O) groups excluding carboxylic acids is 2. The van der Waals surface area contributed by atoms with Gasteiger partial charge >= 0.3 is 11.9 Å². The highest BCUT2D eigenvalue weighted by Crippen LogP contribution is 2.18. The number of carbonyl (C=O) groups is 2. The summed E-state index contributed by atoms with van der Waals surface area (Å²) in [6, 6.07) is 15.1. The molecule has 0 N–H and O–H groups in total. The molecule has 4 heteroatoms. The lowest BCUT2D eigenvalue weighted by Crippen LogP contribution is -2.07. The smallest absolute Gasteiger partial charge is 0.304 e. The topological polar surface area (TPSA) is 52.6 Å². The fourth-order valence-corrected chi connectivity index (χ4v) is 2.38. The van der Waals surface area contributed by atoms with Gasteiger partial charge in [0.1, 0.15) is 0 Å². The van der Waals surface area contributed by atoms with Crippen LogP contribution in [0.3, 0.4) is 0 Å². The lowest BCUT2D eigenvalue weighted by atomic mass is 10.1. The second kappa shape index (κ2) is 10.00. The predicted octanol–water partition coefficient (Wildman–Crippen LogP) is 4.22. The third-order valence-corrected chi connectivity index (χ3v) is 3.80. The van der Waals surface area contributed by atoms with Crippen LogP contribution in [-0.2, 0) is 19.1 Å². The lowest BCUT2D eigenvalue weighted by Gasteiger charge is -2.11. The molecule has 0 aliphatic rings. The van der Waals surface area contributed by atoms with E-state index in [0.29, 0.717) is 0 Å². The zero-order valence-electron chi connectivity index (χ0n) is 16.4. The van der Waals surface area contributed by atoms with Gasteiger partial charge in [-0.05, 0) is 37.5 Å². The van der Waals surface area contributed by atoms with E-state index in [1.54, 1.807) is 0 Å². The van der Waals surface area contributed by atoms with Crippen LogP contribution in [0.1, 0.15) is 48.3 Å². The van der Waals surface area contributed by atoms with Crippen molar-refractivity contribution >= 4 is 11.9 Å². The van der Waals surface area contributed by atoms with E-state index in [2.05, 4.69) is 23.7 Å². The Bertz CT molecular complexity index is 867. The largest absolute Gasteiger partial charge is 0.444 e. The van der Waals surface area contributed by atoms with E-state index in [0.717, 1.165) is 22.3 Å². The summed E-state index contributed by atoms with van der Waals surface area (Å²) in [6.45, 7) is 6.62. The Kier molecular flexibility index (Phi) is 7.43. The first-order valence-corrected chi connectivity index (χ1v) is 8.84. The van der Waals surface area contributed by atoms with Crippen molar-refractivity contribution < 1.29 is 19.1 Å². The van der Waals surface area contributed by atoms with Gasteiger partial charge in [0, 0.05) is 25.0 Å². The number of hydrogen-bond donors (Lipinski definition) is 0. The Morgan fingerprint density at radius 2 is 1.00 bits per heavy atom. The standard InChI is InChI=1S/C24H22O4/c1-17-9-13-21(14-10-17)23(27-19(3)25)7-5-6-8-24(28-20(4)26)22-15-11-18(2)12-16-22/h9-16,23-24H,1-4H3. The maximum Gasteiger partial charge on any atom is 0.304 e. The minimum atomic E-state index is -0.709. The quantitative estimate of drug-likeness (QED) is 0.594. The highest BCUT2D eigenvalue weighted by Gasteiger charge is 2.12. The molecule has 0 amide bonds. The summed E-state index contributed by atoms with van der Waals surface area (Å²) in [5.41, 5.74) is 3.73. The van der Waals surface area contributed by atoms with Crippen LogP contribution in [0.4, 0.5) is 0 Å². The number of aryl methyl sites for hydroxylation is 2. The second-order valence-electron chi connectivity index (χ2n) is 6.34. The summed E-state index contributed by atoms with van der Waals surface area (Å²) < 4.78 is 10.6. The molecule has 2 aromatic rings. The van der Waals surface area contributed by atoms with Gasteiger partial charge in [0.05, 0.1) is 0 Å². The molecule has 0 saturated heterocycles. The Hall–Kier alpha value is -3.50. The van der Waals surface area contributed by atoms with Crippen molar-refractivity contribution in [1.82, 2.24) is 0 Å². The summed E-state index contributed by atoms with van der Waals surface area (Å²) in [4.78, 5) is 22.8. The molecular weight excluding hydrogens is 352 g/mol. The molecule has 28 heavy (non-hydrogen) atoms. The van der Waals surface area contributed by atoms with Gasteiger partial charge in [-0.25, -0.2) is 0 Å². The first kappa shape index (κ1) is 20.8. The van der Waals surface area contributed by atoms with E-state index in [-0.39, 0.29) is 0 Å². The van der Waals surface area contributed by atoms with Gasteiger partial charge < -0.3 is 9.47 Å². The lowest BCUT2D eigenvalue weighted by molar-refractivity contribution is -0.145. The zero-order chi connectivity index (χ0) is 20.5. The fourth-order valence-electron chi connectivity index (χ4n) is 2.38. The average Bonchev–Trinajstić information content (AvgIpc) is 2.64. The number of hydrogen-bond acceptors (Lipinski definition) is 4. The van der Waals surface area contributed by atoms with E-state index >= 15 is 0 Å². The molecule has 0 fully saturated rings. The Balaban J connectivity index is 2.24. The molecule has 2 rings (SSSR count). The first-order chi connectivity index (χ1) is 13.3. The summed E-state index contributed by atoms with van der Waals surface area (Å²) >= 11 is 0. The first-order valence-electron chi connectivity index (χ1n) is 8.84. The van der Waals surface area contributed by atoms with Crippen molar-refractivity contribution in [3.63, 3.8) is 0 Å². The second-order valence-corrected chi connectivity index (χ2v) is 6.34. The van der Waals surface area contributed by atoms with Crippen molar-refractivity contribution in [3.05, 3.63) is 70.8 Å². The van der Waals surface area contributed by atoms with Crippen LogP contribution in [0.15, 0.2) is 48.5 Å². The molecule has 0 bridgehead atoms. The van der Waals surface area contributed by atoms with Crippen molar-refractivity contribution in [2.24, 2.45) is 0 Å². The third-order valence-electron chi connectivity index (χ3n) is 3.80. The molecule has 2 unspecified atom stereocenters. The van der Waals surface area contributed by atoms with Gasteiger partial charge in [-0.3, -0.25) is 9.59 Å². The summed E-state index contributed by atoms with van der Waals surface area (Å²) in [5, 5.41) is 0. The number of benzene rings is 2. The van der Waals surface area contributed by atoms with E-state index in [9.17, 15) is 9.59 Å². The average molecular weight is 374 g/mol. The predicted molar refractivity (Wildman–Crippen MR) is 107 cm³/mol. The van der Waals surface area contributed by atoms with Crippen molar-refractivity contribution in [2.75, 3.05) is 0 Å². The van der Waals surface area contributed by atoms with Crippen LogP contribution in [-0.4, -0.2) is 11.9 Å². The number of ether oxygens (including phenoxy) is 2. The van der Waals surface area contributed by atoms with Crippen LogP contribution in [0.2, 0.25) is 0 Å². The monoisotopic (exact) mass is 374 g/mol. The number of rotatable bonds is 4. The maximum absolute atomic E-state index is 11.4. The Labute approximate surface area is 165 Å². The highest BCUT2D eigenvalue weighted by molar-refractivity contribution is 5.67. The van der Waals surface area contributed by atoms with Crippen LogP contribution >= 0.6 is 0 Å². The normalized spacial score (nSPS) is 11.7. The summed E-state index contributed by atoms with van der Waals surface area (Å²) in [6.07, 6.45) is -1.42. The maximum atomic E-state index is 11.4. The molecule has 142 valence electrons. The summed E-state index contributed by atoms with van der Waals surface area (Å²) in [7, 11) is 0. The van der Waals surface area contributed by atoms with Crippen LogP contribution in [0, 0.1) is 37.5 Å². The van der Waals surface area contributed by atoms with Gasteiger partial charge in [-0.1, -0.05) is 59.7 Å². The van der Waals surface area contributed by atoms with Gasteiger partial charge in [0.15, 0.2) is 12.2 Å². The van der Waals surface area contributed by atoms with Gasteiger partial charge in [0.2, 0.25) is 0 Å². The van der Waals surface area contributed by atoms with Crippen molar-refractivity contribution in [3.8, 4) is 23.7 Å². The van der Waals surface area contributed by atoms with Crippen molar-refractivity contribution in [1.29, 1.82) is 0 Å². The third kappa shape index (κ3) is 6.67. The molecule has 2 atom stereocenters. The molecule has 4 nitrogen and oxygen atoms in total. The van der Waals surface area contributed by atoms with Crippen molar-refractivity contribution in [2.45, 2.75) is 39.9 Å². The molecule has 0 aliphatic carbocycles. The van der Waals surface area contributed by atoms with E-state index < -0.39 is 24.1 Å². The van der Waals surface area contributed by atoms with Gasteiger partial charge in [-0.2, -0.15) is 0 Å². The minimum absolute atomic E-state index is 0.426.